The molecule has 0 N–H and O–H groups in total. The molecule has 2 heteroatoms. The molecule has 66 valence electrons. The fourth-order valence-corrected chi connectivity index (χ4v) is 2.43. The zero-order valence-corrected chi connectivity index (χ0v) is 8.62. The van der Waals surface area contributed by atoms with Gasteiger partial charge in [0.2, 0.25) is 0 Å². The Balaban J connectivity index is 2.60. The van der Waals surface area contributed by atoms with E-state index in [0.717, 1.165) is 5.03 Å². The first kappa shape index (κ1) is 8.24. The number of nitrogens with zero attached hydrogens (tertiary/aromatic N) is 1. The van der Waals surface area contributed by atoms with E-state index in [-0.39, 0.29) is 0 Å². The van der Waals surface area contributed by atoms with Gasteiger partial charge in [-0.25, -0.2) is 0 Å². The largest absolute Gasteiger partial charge is 0.343 e. The molecule has 0 amide bonds. The summed E-state index contributed by atoms with van der Waals surface area (Å²) >= 11 is 4.50. The van der Waals surface area contributed by atoms with Gasteiger partial charge in [-0.15, -0.1) is 12.6 Å². The van der Waals surface area contributed by atoms with Crippen LogP contribution in [0.4, 0.5) is 0 Å². The monoisotopic (exact) mass is 181 g/mol. The first-order valence-corrected chi connectivity index (χ1v) is 5.02. The Morgan fingerprint density at radius 1 is 1.25 bits per heavy atom. The second-order valence-corrected chi connectivity index (χ2v) is 4.06. The SMILES string of the molecule is Cc1c2c(n(C)c1S)CCCC2. The van der Waals surface area contributed by atoms with Gasteiger partial charge in [0.25, 0.3) is 0 Å². The Bertz CT molecular complexity index is 283. The predicted molar refractivity (Wildman–Crippen MR) is 54.0 cm³/mol. The van der Waals surface area contributed by atoms with Crippen molar-refractivity contribution in [2.75, 3.05) is 0 Å². The fraction of sp³-hybridized carbons (Fsp3) is 0.600. The summed E-state index contributed by atoms with van der Waals surface area (Å²) in [7, 11) is 2.12. The minimum atomic E-state index is 1.15. The summed E-state index contributed by atoms with van der Waals surface area (Å²) in [6.45, 7) is 2.19. The molecule has 0 saturated heterocycles. The highest BCUT2D eigenvalue weighted by atomic mass is 32.1. The molecule has 1 aromatic heterocycles. The van der Waals surface area contributed by atoms with Crippen molar-refractivity contribution in [1.82, 2.24) is 4.57 Å². The van der Waals surface area contributed by atoms with Crippen LogP contribution in [0.5, 0.6) is 0 Å². The second kappa shape index (κ2) is 2.84. The molecule has 2 rings (SSSR count). The van der Waals surface area contributed by atoms with Crippen molar-refractivity contribution < 1.29 is 0 Å². The normalized spacial score (nSPS) is 16.2. The van der Waals surface area contributed by atoms with Crippen LogP contribution in [0.1, 0.15) is 29.7 Å². The van der Waals surface area contributed by atoms with E-state index in [1.165, 1.54) is 36.9 Å². The van der Waals surface area contributed by atoms with Crippen molar-refractivity contribution in [3.8, 4) is 0 Å². The molecule has 0 unspecified atom stereocenters. The van der Waals surface area contributed by atoms with Gasteiger partial charge in [-0.2, -0.15) is 0 Å². The average Bonchev–Trinajstić information content (AvgIpc) is 2.33. The molecule has 1 aromatic rings. The van der Waals surface area contributed by atoms with Crippen LogP contribution in [0.3, 0.4) is 0 Å². The van der Waals surface area contributed by atoms with E-state index >= 15 is 0 Å². The zero-order valence-electron chi connectivity index (χ0n) is 7.72. The van der Waals surface area contributed by atoms with E-state index in [1.807, 2.05) is 0 Å². The highest BCUT2D eigenvalue weighted by Gasteiger charge is 2.18. The molecule has 12 heavy (non-hydrogen) atoms. The Kier molecular flexibility index (Phi) is 1.95. The standard InChI is InChI=1S/C10H15NS/c1-7-8-5-3-4-6-9(8)11(2)10(7)12/h12H,3-6H2,1-2H3. The van der Waals surface area contributed by atoms with Crippen LogP contribution in [0.25, 0.3) is 0 Å². The van der Waals surface area contributed by atoms with Crippen LogP contribution in [-0.4, -0.2) is 4.57 Å². The number of rotatable bonds is 0. The smallest absolute Gasteiger partial charge is 0.0749 e. The molecule has 0 saturated carbocycles. The van der Waals surface area contributed by atoms with Gasteiger partial charge in [0.1, 0.15) is 0 Å². The third-order valence-corrected chi connectivity index (χ3v) is 3.58. The Morgan fingerprint density at radius 3 is 2.58 bits per heavy atom. The first-order chi connectivity index (χ1) is 5.72. The van der Waals surface area contributed by atoms with Crippen LogP contribution < -0.4 is 0 Å². The quantitative estimate of drug-likeness (QED) is 0.587. The maximum absolute atomic E-state index is 4.50. The van der Waals surface area contributed by atoms with Gasteiger partial charge < -0.3 is 4.57 Å². The van der Waals surface area contributed by atoms with Crippen LogP contribution in [-0.2, 0) is 19.9 Å². The topological polar surface area (TPSA) is 4.93 Å². The van der Waals surface area contributed by atoms with Crippen molar-refractivity contribution in [2.24, 2.45) is 7.05 Å². The summed E-state index contributed by atoms with van der Waals surface area (Å²) in [5, 5.41) is 1.15. The lowest BCUT2D eigenvalue weighted by atomic mass is 9.95. The first-order valence-electron chi connectivity index (χ1n) is 4.58. The lowest BCUT2D eigenvalue weighted by molar-refractivity contribution is 0.638. The van der Waals surface area contributed by atoms with Crippen molar-refractivity contribution in [1.29, 1.82) is 0 Å². The minimum Gasteiger partial charge on any atom is -0.343 e. The molecular formula is C10H15NS. The summed E-state index contributed by atoms with van der Waals surface area (Å²) in [5.41, 5.74) is 4.48. The van der Waals surface area contributed by atoms with Gasteiger partial charge >= 0.3 is 0 Å². The van der Waals surface area contributed by atoms with Crippen LogP contribution in [0.2, 0.25) is 0 Å². The number of aromatic nitrogens is 1. The van der Waals surface area contributed by atoms with E-state index in [9.17, 15) is 0 Å². The summed E-state index contributed by atoms with van der Waals surface area (Å²) in [6.07, 6.45) is 5.20. The maximum atomic E-state index is 4.50. The number of hydrogen-bond acceptors (Lipinski definition) is 1. The number of fused-ring (bicyclic) bond motifs is 1. The molecule has 0 spiro atoms. The van der Waals surface area contributed by atoms with E-state index in [2.05, 4.69) is 31.2 Å². The molecule has 0 fully saturated rings. The third-order valence-electron chi connectivity index (χ3n) is 2.95. The number of thiol groups is 1. The van der Waals surface area contributed by atoms with Gasteiger partial charge in [0, 0.05) is 12.7 Å². The molecule has 1 aliphatic carbocycles. The van der Waals surface area contributed by atoms with E-state index in [1.54, 1.807) is 5.56 Å². The summed E-state index contributed by atoms with van der Waals surface area (Å²) in [5.74, 6) is 0. The van der Waals surface area contributed by atoms with Gasteiger partial charge in [0.05, 0.1) is 5.03 Å². The lowest BCUT2D eigenvalue weighted by Gasteiger charge is -2.13. The van der Waals surface area contributed by atoms with Crippen molar-refractivity contribution in [2.45, 2.75) is 37.6 Å². The second-order valence-electron chi connectivity index (χ2n) is 3.64. The third kappa shape index (κ3) is 1.01. The van der Waals surface area contributed by atoms with E-state index in [4.69, 9.17) is 0 Å². The lowest BCUT2D eigenvalue weighted by Crippen LogP contribution is -2.05. The molecule has 0 atom stereocenters. The van der Waals surface area contributed by atoms with Crippen LogP contribution in [0, 0.1) is 6.92 Å². The van der Waals surface area contributed by atoms with E-state index < -0.39 is 0 Å². The molecule has 0 aromatic carbocycles. The Labute approximate surface area is 79.2 Å². The molecule has 1 aliphatic rings. The van der Waals surface area contributed by atoms with Crippen molar-refractivity contribution in [3.05, 3.63) is 16.8 Å². The van der Waals surface area contributed by atoms with E-state index in [0.29, 0.717) is 0 Å². The highest BCUT2D eigenvalue weighted by molar-refractivity contribution is 7.80. The van der Waals surface area contributed by atoms with Crippen molar-refractivity contribution in [3.63, 3.8) is 0 Å². The van der Waals surface area contributed by atoms with Crippen LogP contribution >= 0.6 is 12.6 Å². The zero-order chi connectivity index (χ0) is 8.72. The number of hydrogen-bond donors (Lipinski definition) is 1. The van der Waals surface area contributed by atoms with Crippen molar-refractivity contribution >= 4 is 12.6 Å². The summed E-state index contributed by atoms with van der Waals surface area (Å²) in [4.78, 5) is 0. The van der Waals surface area contributed by atoms with Gasteiger partial charge in [0.15, 0.2) is 0 Å². The Hall–Kier alpha value is -0.370. The van der Waals surface area contributed by atoms with Crippen LogP contribution in [0.15, 0.2) is 5.03 Å². The average molecular weight is 181 g/mol. The predicted octanol–water partition coefficient (Wildman–Crippen LogP) is 2.50. The van der Waals surface area contributed by atoms with Gasteiger partial charge in [-0.05, 0) is 43.7 Å². The molecule has 1 heterocycles. The molecule has 0 radical (unpaired) electrons. The highest BCUT2D eigenvalue weighted by Crippen LogP contribution is 2.30. The summed E-state index contributed by atoms with van der Waals surface area (Å²) < 4.78 is 2.24. The molecule has 0 aliphatic heterocycles. The Morgan fingerprint density at radius 2 is 1.92 bits per heavy atom. The molecule has 0 bridgehead atoms. The molecule has 1 nitrogen and oxygen atoms in total. The fourth-order valence-electron chi connectivity index (χ4n) is 2.18. The maximum Gasteiger partial charge on any atom is 0.0749 e. The minimum absolute atomic E-state index is 1.15. The summed E-state index contributed by atoms with van der Waals surface area (Å²) in [6, 6.07) is 0. The van der Waals surface area contributed by atoms with Gasteiger partial charge in [-0.1, -0.05) is 0 Å². The molecular weight excluding hydrogens is 166 g/mol. The van der Waals surface area contributed by atoms with Gasteiger partial charge in [-0.3, -0.25) is 0 Å².